The number of hydrogen-bond acceptors (Lipinski definition) is 5. The first-order valence-electron chi connectivity index (χ1n) is 7.19. The molecule has 2 aromatic carbocycles. The molecular weight excluding hydrogens is 310 g/mol. The topological polar surface area (TPSA) is 100 Å². The van der Waals surface area contributed by atoms with Gasteiger partial charge in [0.1, 0.15) is 5.75 Å². The fraction of sp³-hybridized carbons (Fsp3) is 0.118. The number of carboxylic acids is 1. The summed E-state index contributed by atoms with van der Waals surface area (Å²) in [5.41, 5.74) is 4.01. The van der Waals surface area contributed by atoms with Gasteiger partial charge in [-0.25, -0.2) is 10.2 Å². The lowest BCUT2D eigenvalue weighted by Crippen LogP contribution is -2.25. The highest BCUT2D eigenvalue weighted by Crippen LogP contribution is 2.10. The van der Waals surface area contributed by atoms with Gasteiger partial charge in [-0.15, -0.1) is 0 Å². The van der Waals surface area contributed by atoms with Gasteiger partial charge in [0, 0.05) is 5.69 Å². The summed E-state index contributed by atoms with van der Waals surface area (Å²) in [6, 6.07) is 16.0. The lowest BCUT2D eigenvalue weighted by molar-refractivity contribution is -0.139. The summed E-state index contributed by atoms with van der Waals surface area (Å²) >= 11 is 0. The van der Waals surface area contributed by atoms with Crippen LogP contribution in [0, 0.1) is 0 Å². The fourth-order valence-corrected chi connectivity index (χ4v) is 1.75. The molecule has 0 unspecified atom stereocenters. The number of carbonyl (C=O) groups excluding carboxylic acids is 1. The minimum atomic E-state index is -1.03. The molecule has 0 aliphatic carbocycles. The molecule has 0 atom stereocenters. The Morgan fingerprint density at radius 1 is 1.08 bits per heavy atom. The molecule has 0 aliphatic heterocycles. The largest absolute Gasteiger partial charge is 0.482 e. The molecule has 0 saturated carbocycles. The molecule has 0 fully saturated rings. The van der Waals surface area contributed by atoms with Crippen LogP contribution in [0.3, 0.4) is 0 Å². The van der Waals surface area contributed by atoms with Crippen molar-refractivity contribution in [1.82, 2.24) is 5.43 Å². The van der Waals surface area contributed by atoms with Crippen molar-refractivity contribution in [1.29, 1.82) is 0 Å². The minimum Gasteiger partial charge on any atom is -0.482 e. The average Bonchev–Trinajstić information content (AvgIpc) is 2.60. The monoisotopic (exact) mass is 327 g/mol. The second-order valence-electron chi connectivity index (χ2n) is 4.76. The molecule has 3 N–H and O–H groups in total. The number of rotatable bonds is 8. The normalized spacial score (nSPS) is 10.3. The van der Waals surface area contributed by atoms with E-state index >= 15 is 0 Å². The quantitative estimate of drug-likeness (QED) is 0.506. The van der Waals surface area contributed by atoms with Crippen molar-refractivity contribution in [2.24, 2.45) is 5.10 Å². The van der Waals surface area contributed by atoms with Crippen LogP contribution in [0.1, 0.15) is 5.56 Å². The number of para-hydroxylation sites is 1. The summed E-state index contributed by atoms with van der Waals surface area (Å²) in [5.74, 6) is -0.852. The second kappa shape index (κ2) is 8.94. The van der Waals surface area contributed by atoms with Gasteiger partial charge in [0.15, 0.2) is 6.61 Å². The number of nitrogens with one attached hydrogen (secondary N) is 2. The van der Waals surface area contributed by atoms with Gasteiger partial charge < -0.3 is 15.2 Å². The maximum atomic E-state index is 11.6. The molecular formula is C17H17N3O4. The number of carbonyl (C=O) groups is 2. The third-order valence-corrected chi connectivity index (χ3v) is 2.87. The first kappa shape index (κ1) is 17.0. The zero-order valence-electron chi connectivity index (χ0n) is 12.8. The fourth-order valence-electron chi connectivity index (χ4n) is 1.75. The van der Waals surface area contributed by atoms with Crippen LogP contribution in [0.4, 0.5) is 5.69 Å². The lowest BCUT2D eigenvalue weighted by atomic mass is 10.2. The highest BCUT2D eigenvalue weighted by molar-refractivity contribution is 5.84. The Hall–Kier alpha value is -3.35. The number of aliphatic carboxylic acids is 1. The summed E-state index contributed by atoms with van der Waals surface area (Å²) in [5, 5.41) is 15.4. The van der Waals surface area contributed by atoms with Gasteiger partial charge in [-0.3, -0.25) is 4.79 Å². The van der Waals surface area contributed by atoms with Crippen LogP contribution in [0.5, 0.6) is 5.75 Å². The molecule has 0 bridgehead atoms. The maximum absolute atomic E-state index is 11.6. The first-order valence-corrected chi connectivity index (χ1v) is 7.19. The van der Waals surface area contributed by atoms with Gasteiger partial charge in [0.05, 0.1) is 12.8 Å². The van der Waals surface area contributed by atoms with E-state index in [-0.39, 0.29) is 12.5 Å². The van der Waals surface area contributed by atoms with Gasteiger partial charge >= 0.3 is 5.97 Å². The molecule has 0 saturated heterocycles. The van der Waals surface area contributed by atoms with E-state index in [1.807, 2.05) is 30.3 Å². The predicted molar refractivity (Wildman–Crippen MR) is 90.2 cm³/mol. The molecule has 24 heavy (non-hydrogen) atoms. The van der Waals surface area contributed by atoms with Crippen LogP contribution in [-0.4, -0.2) is 36.3 Å². The maximum Gasteiger partial charge on any atom is 0.341 e. The highest BCUT2D eigenvalue weighted by atomic mass is 16.5. The first-order chi connectivity index (χ1) is 11.6. The van der Waals surface area contributed by atoms with Gasteiger partial charge in [-0.1, -0.05) is 18.2 Å². The van der Waals surface area contributed by atoms with Crippen LogP contribution in [0.2, 0.25) is 0 Å². The van der Waals surface area contributed by atoms with E-state index in [1.54, 1.807) is 24.3 Å². The van der Waals surface area contributed by atoms with Crippen molar-refractivity contribution >= 4 is 23.8 Å². The number of anilines is 1. The van der Waals surface area contributed by atoms with Crippen LogP contribution < -0.4 is 15.5 Å². The molecule has 0 aromatic heterocycles. The Morgan fingerprint density at radius 3 is 2.46 bits per heavy atom. The van der Waals surface area contributed by atoms with E-state index in [0.717, 1.165) is 11.3 Å². The van der Waals surface area contributed by atoms with E-state index in [1.165, 1.54) is 6.21 Å². The zero-order chi connectivity index (χ0) is 17.2. The average molecular weight is 327 g/mol. The number of nitrogens with zero attached hydrogens (tertiary/aromatic N) is 1. The number of hydrogen-bond donors (Lipinski definition) is 3. The molecule has 0 heterocycles. The summed E-state index contributed by atoms with van der Waals surface area (Å²) in [6.45, 7) is -0.277. The standard InChI is InChI=1S/C17H17N3O4/c21-16(11-18-14-4-2-1-3-5-14)20-19-10-13-6-8-15(9-7-13)24-12-17(22)23/h1-10,18H,11-12H2,(H,20,21)(H,22,23)/b19-10+. The molecule has 124 valence electrons. The van der Waals surface area contributed by atoms with E-state index < -0.39 is 12.6 Å². The number of benzene rings is 2. The van der Waals surface area contributed by atoms with Crippen LogP contribution in [0.25, 0.3) is 0 Å². The second-order valence-corrected chi connectivity index (χ2v) is 4.76. The highest BCUT2D eigenvalue weighted by Gasteiger charge is 2.00. The summed E-state index contributed by atoms with van der Waals surface area (Å²) in [4.78, 5) is 22.0. The number of carboxylic acid groups (broad SMARTS) is 1. The Balaban J connectivity index is 1.74. The van der Waals surface area contributed by atoms with Gasteiger partial charge in [0.25, 0.3) is 5.91 Å². The molecule has 7 nitrogen and oxygen atoms in total. The molecule has 0 radical (unpaired) electrons. The van der Waals surface area contributed by atoms with E-state index in [9.17, 15) is 9.59 Å². The predicted octanol–water partition coefficient (Wildman–Crippen LogP) is 1.71. The van der Waals surface area contributed by atoms with Crippen molar-refractivity contribution < 1.29 is 19.4 Å². The van der Waals surface area contributed by atoms with E-state index in [4.69, 9.17) is 9.84 Å². The van der Waals surface area contributed by atoms with E-state index in [2.05, 4.69) is 15.8 Å². The van der Waals surface area contributed by atoms with Crippen molar-refractivity contribution in [3.05, 3.63) is 60.2 Å². The smallest absolute Gasteiger partial charge is 0.341 e. The van der Waals surface area contributed by atoms with Crippen molar-refractivity contribution in [2.75, 3.05) is 18.5 Å². The van der Waals surface area contributed by atoms with Gasteiger partial charge in [-0.05, 0) is 42.0 Å². The minimum absolute atomic E-state index is 0.114. The van der Waals surface area contributed by atoms with Crippen molar-refractivity contribution in [2.45, 2.75) is 0 Å². The Morgan fingerprint density at radius 2 is 1.79 bits per heavy atom. The molecule has 1 amide bonds. The van der Waals surface area contributed by atoms with Gasteiger partial charge in [-0.2, -0.15) is 5.10 Å². The van der Waals surface area contributed by atoms with Crippen molar-refractivity contribution in [3.63, 3.8) is 0 Å². The lowest BCUT2D eigenvalue weighted by Gasteiger charge is -2.04. The number of hydrazone groups is 1. The van der Waals surface area contributed by atoms with E-state index in [0.29, 0.717) is 5.75 Å². The van der Waals surface area contributed by atoms with Crippen LogP contribution in [0.15, 0.2) is 59.7 Å². The van der Waals surface area contributed by atoms with Crippen LogP contribution >= 0.6 is 0 Å². The molecule has 2 aromatic rings. The molecule has 7 heteroatoms. The SMILES string of the molecule is O=C(O)COc1ccc(/C=N/NC(=O)CNc2ccccc2)cc1. The third-order valence-electron chi connectivity index (χ3n) is 2.87. The molecule has 2 rings (SSSR count). The zero-order valence-corrected chi connectivity index (χ0v) is 12.8. The Kier molecular flexibility index (Phi) is 6.34. The summed E-state index contributed by atoms with van der Waals surface area (Å²) < 4.78 is 5.02. The summed E-state index contributed by atoms with van der Waals surface area (Å²) in [6.07, 6.45) is 1.49. The summed E-state index contributed by atoms with van der Waals surface area (Å²) in [7, 11) is 0. The van der Waals surface area contributed by atoms with Crippen molar-refractivity contribution in [3.8, 4) is 5.75 Å². The third kappa shape index (κ3) is 6.18. The Labute approximate surface area is 139 Å². The van der Waals surface area contributed by atoms with Crippen LogP contribution in [-0.2, 0) is 9.59 Å². The van der Waals surface area contributed by atoms with Gasteiger partial charge in [0.2, 0.25) is 0 Å². The molecule has 0 spiro atoms. The number of amides is 1. The number of ether oxygens (including phenoxy) is 1. The molecule has 0 aliphatic rings. The Bertz CT molecular complexity index is 700.